The highest BCUT2D eigenvalue weighted by atomic mass is 16.6. The number of rotatable bonds is 45. The molecule has 0 aliphatic rings. The van der Waals surface area contributed by atoms with Crippen molar-refractivity contribution in [3.05, 3.63) is 60.8 Å². The van der Waals surface area contributed by atoms with Gasteiger partial charge in [0.2, 0.25) is 0 Å². The fourth-order valence-electron chi connectivity index (χ4n) is 7.00. The summed E-state index contributed by atoms with van der Waals surface area (Å²) < 4.78 is 16.6. The summed E-state index contributed by atoms with van der Waals surface area (Å²) in [5.41, 5.74) is 0. The second-order valence-electron chi connectivity index (χ2n) is 16.7. The van der Waals surface area contributed by atoms with Crippen LogP contribution in [0.3, 0.4) is 0 Å². The van der Waals surface area contributed by atoms with Gasteiger partial charge in [0.15, 0.2) is 6.10 Å². The molecule has 0 amide bonds. The average Bonchev–Trinajstić information content (AvgIpc) is 3.24. The number of ether oxygens (including phenoxy) is 3. The van der Waals surface area contributed by atoms with Crippen LogP contribution in [-0.2, 0) is 28.6 Å². The molecule has 6 heteroatoms. The van der Waals surface area contributed by atoms with Crippen LogP contribution < -0.4 is 0 Å². The van der Waals surface area contributed by atoms with E-state index in [9.17, 15) is 14.4 Å². The van der Waals surface area contributed by atoms with Gasteiger partial charge in [-0.3, -0.25) is 14.4 Å². The molecular weight excluding hydrogens is 745 g/mol. The number of hydrogen-bond acceptors (Lipinski definition) is 6. The first kappa shape index (κ1) is 57.1. The lowest BCUT2D eigenvalue weighted by Gasteiger charge is -2.18. The van der Waals surface area contributed by atoms with E-state index in [1.807, 2.05) is 6.08 Å². The van der Waals surface area contributed by atoms with Crippen molar-refractivity contribution in [3.63, 3.8) is 0 Å². The number of carbonyl (C=O) groups is 3. The third kappa shape index (κ3) is 46.2. The van der Waals surface area contributed by atoms with Crippen LogP contribution in [0, 0.1) is 0 Å². The SMILES string of the molecule is CC/C=C\C/C=C\C/C=C\CC(=O)OCC(COC(=O)CCCCCCCCC/C=C\C/C=C\CCCCC)OC(=O)CCCCCCCCCCCCCCCCCC. The maximum atomic E-state index is 12.8. The van der Waals surface area contributed by atoms with Gasteiger partial charge in [0.25, 0.3) is 0 Å². The Kier molecular flexibility index (Phi) is 46.4. The highest BCUT2D eigenvalue weighted by Crippen LogP contribution is 2.15. The maximum Gasteiger partial charge on any atom is 0.309 e. The van der Waals surface area contributed by atoms with Crippen LogP contribution in [0.25, 0.3) is 0 Å². The minimum atomic E-state index is -0.809. The molecule has 346 valence electrons. The van der Waals surface area contributed by atoms with Crippen molar-refractivity contribution in [2.45, 2.75) is 252 Å². The normalized spacial score (nSPS) is 12.5. The van der Waals surface area contributed by atoms with Gasteiger partial charge in [-0.2, -0.15) is 0 Å². The lowest BCUT2D eigenvalue weighted by atomic mass is 10.0. The number of unbranched alkanes of at least 4 members (excludes halogenated alkanes) is 25. The van der Waals surface area contributed by atoms with Crippen molar-refractivity contribution in [3.8, 4) is 0 Å². The molecule has 0 heterocycles. The number of allylic oxidation sites excluding steroid dienone is 9. The lowest BCUT2D eigenvalue weighted by Crippen LogP contribution is -2.30. The predicted octanol–water partition coefficient (Wildman–Crippen LogP) is 16.5. The minimum Gasteiger partial charge on any atom is -0.462 e. The predicted molar refractivity (Wildman–Crippen MR) is 256 cm³/mol. The summed E-state index contributed by atoms with van der Waals surface area (Å²) >= 11 is 0. The van der Waals surface area contributed by atoms with Crippen LogP contribution in [0.2, 0.25) is 0 Å². The van der Waals surface area contributed by atoms with Gasteiger partial charge in [0.05, 0.1) is 6.42 Å². The molecular formula is C54H94O6. The topological polar surface area (TPSA) is 78.9 Å². The molecule has 1 atom stereocenters. The van der Waals surface area contributed by atoms with Crippen molar-refractivity contribution < 1.29 is 28.6 Å². The van der Waals surface area contributed by atoms with E-state index in [4.69, 9.17) is 14.2 Å². The molecule has 0 aromatic carbocycles. The molecule has 0 aliphatic carbocycles. The average molecular weight is 839 g/mol. The Morgan fingerprint density at radius 1 is 0.367 bits per heavy atom. The lowest BCUT2D eigenvalue weighted by molar-refractivity contribution is -0.166. The molecule has 0 bridgehead atoms. The molecule has 0 rings (SSSR count). The van der Waals surface area contributed by atoms with Crippen LogP contribution in [0.1, 0.15) is 245 Å². The van der Waals surface area contributed by atoms with Crippen molar-refractivity contribution in [2.75, 3.05) is 13.2 Å². The fourth-order valence-corrected chi connectivity index (χ4v) is 7.00. The number of esters is 3. The third-order valence-electron chi connectivity index (χ3n) is 10.8. The first-order valence-electron chi connectivity index (χ1n) is 25.3. The fraction of sp³-hybridized carbons (Fsp3) is 0.759. The molecule has 60 heavy (non-hydrogen) atoms. The van der Waals surface area contributed by atoms with Gasteiger partial charge in [-0.1, -0.05) is 223 Å². The van der Waals surface area contributed by atoms with E-state index in [1.54, 1.807) is 6.08 Å². The molecule has 0 fully saturated rings. The van der Waals surface area contributed by atoms with E-state index in [2.05, 4.69) is 69.4 Å². The van der Waals surface area contributed by atoms with Gasteiger partial charge in [0.1, 0.15) is 13.2 Å². The van der Waals surface area contributed by atoms with Gasteiger partial charge < -0.3 is 14.2 Å². The summed E-state index contributed by atoms with van der Waals surface area (Å²) in [5, 5.41) is 0. The molecule has 0 spiro atoms. The summed E-state index contributed by atoms with van der Waals surface area (Å²) in [4.78, 5) is 37.8. The van der Waals surface area contributed by atoms with Crippen LogP contribution >= 0.6 is 0 Å². The monoisotopic (exact) mass is 839 g/mol. The van der Waals surface area contributed by atoms with Crippen molar-refractivity contribution in [1.82, 2.24) is 0 Å². The summed E-state index contributed by atoms with van der Waals surface area (Å²) in [6.07, 6.45) is 59.5. The Bertz CT molecular complexity index is 1100. The molecule has 0 aliphatic heterocycles. The smallest absolute Gasteiger partial charge is 0.309 e. The first-order valence-corrected chi connectivity index (χ1v) is 25.3. The summed E-state index contributed by atoms with van der Waals surface area (Å²) in [6, 6.07) is 0. The largest absolute Gasteiger partial charge is 0.462 e. The standard InChI is InChI=1S/C54H94O6/c1-4-7-10-13-16-19-21-23-25-27-29-30-32-35-38-41-44-47-53(56)59-50-51(49-58-52(55)46-43-40-37-34-18-15-12-9-6-3)60-54(57)48-45-42-39-36-33-31-28-26-24-22-20-17-14-11-8-5-2/h9,12,16,18-19,23,25,34,40,43,51H,4-8,10-11,13-15,17,20-22,24,26-33,35-39,41-42,44-50H2,1-3H3/b12-9-,19-16-,25-23-,34-18-,43-40-. The summed E-state index contributed by atoms with van der Waals surface area (Å²) in [7, 11) is 0. The van der Waals surface area contributed by atoms with E-state index in [-0.39, 0.29) is 31.6 Å². The molecule has 0 saturated carbocycles. The Labute approximate surface area is 370 Å². The van der Waals surface area contributed by atoms with E-state index in [0.29, 0.717) is 12.8 Å². The molecule has 0 saturated heterocycles. The van der Waals surface area contributed by atoms with E-state index in [1.165, 1.54) is 135 Å². The van der Waals surface area contributed by atoms with Crippen molar-refractivity contribution in [2.24, 2.45) is 0 Å². The van der Waals surface area contributed by atoms with Crippen LogP contribution in [0.5, 0.6) is 0 Å². The van der Waals surface area contributed by atoms with E-state index >= 15 is 0 Å². The zero-order chi connectivity index (χ0) is 43.7. The van der Waals surface area contributed by atoms with Gasteiger partial charge in [-0.25, -0.2) is 0 Å². The minimum absolute atomic E-state index is 0.104. The molecule has 0 aromatic rings. The second-order valence-corrected chi connectivity index (χ2v) is 16.7. The highest BCUT2D eigenvalue weighted by Gasteiger charge is 2.19. The van der Waals surface area contributed by atoms with Gasteiger partial charge in [-0.15, -0.1) is 0 Å². The molecule has 0 aromatic heterocycles. The zero-order valence-electron chi connectivity index (χ0n) is 39.5. The number of hydrogen-bond donors (Lipinski definition) is 0. The highest BCUT2D eigenvalue weighted by molar-refractivity contribution is 5.72. The Balaban J connectivity index is 4.36. The van der Waals surface area contributed by atoms with Crippen LogP contribution in [0.15, 0.2) is 60.8 Å². The van der Waals surface area contributed by atoms with Gasteiger partial charge in [-0.05, 0) is 64.2 Å². The molecule has 0 radical (unpaired) electrons. The second kappa shape index (κ2) is 48.8. The third-order valence-corrected chi connectivity index (χ3v) is 10.8. The number of carbonyl (C=O) groups excluding carboxylic acids is 3. The summed E-state index contributed by atoms with van der Waals surface area (Å²) in [5.74, 6) is -1.04. The van der Waals surface area contributed by atoms with E-state index in [0.717, 1.165) is 70.6 Å². The summed E-state index contributed by atoms with van der Waals surface area (Å²) in [6.45, 7) is 6.40. The first-order chi connectivity index (χ1) is 29.5. The van der Waals surface area contributed by atoms with E-state index < -0.39 is 12.1 Å². The van der Waals surface area contributed by atoms with Gasteiger partial charge >= 0.3 is 17.9 Å². The molecule has 0 N–H and O–H groups in total. The maximum absolute atomic E-state index is 12.8. The zero-order valence-corrected chi connectivity index (χ0v) is 39.5. The Morgan fingerprint density at radius 2 is 0.717 bits per heavy atom. The van der Waals surface area contributed by atoms with Crippen molar-refractivity contribution >= 4 is 17.9 Å². The Morgan fingerprint density at radius 3 is 1.20 bits per heavy atom. The molecule has 6 nitrogen and oxygen atoms in total. The van der Waals surface area contributed by atoms with Crippen LogP contribution in [0.4, 0.5) is 0 Å². The van der Waals surface area contributed by atoms with Crippen molar-refractivity contribution in [1.29, 1.82) is 0 Å². The van der Waals surface area contributed by atoms with Crippen LogP contribution in [-0.4, -0.2) is 37.2 Å². The quantitative estimate of drug-likeness (QED) is 0.0263. The Hall–Kier alpha value is -2.89. The molecule has 1 unspecified atom stereocenters. The van der Waals surface area contributed by atoms with Gasteiger partial charge in [0, 0.05) is 12.8 Å².